The minimum atomic E-state index is -2.66. The molecule has 0 radical (unpaired) electrons. The van der Waals surface area contributed by atoms with E-state index < -0.39 is 24.1 Å². The molecule has 0 spiro atoms. The fourth-order valence-corrected chi connectivity index (χ4v) is 1.28. The largest absolute Gasteiger partial charge is 0.306 e. The van der Waals surface area contributed by atoms with Gasteiger partial charge < -0.3 is 5.32 Å². The molecule has 1 N–H and O–H groups in total. The highest BCUT2D eigenvalue weighted by atomic mass is 19.3. The van der Waals surface area contributed by atoms with Gasteiger partial charge in [-0.1, -0.05) is 13.0 Å². The molecule has 0 saturated carbocycles. The van der Waals surface area contributed by atoms with Gasteiger partial charge in [-0.2, -0.15) is 0 Å². The molecule has 0 fully saturated rings. The van der Waals surface area contributed by atoms with Gasteiger partial charge in [0.05, 0.1) is 6.04 Å². The normalized spacial score (nSPS) is 13.2. The van der Waals surface area contributed by atoms with E-state index in [-0.39, 0.29) is 5.56 Å². The van der Waals surface area contributed by atoms with Crippen LogP contribution in [0.5, 0.6) is 0 Å². The second-order valence-corrected chi connectivity index (χ2v) is 3.04. The summed E-state index contributed by atoms with van der Waals surface area (Å²) in [5.41, 5.74) is 0.0470. The SMILES string of the molecule is CCNC(c1ccc(F)c(F)c1)C(F)F. The first-order chi connectivity index (χ1) is 7.06. The first-order valence-electron chi connectivity index (χ1n) is 4.52. The van der Waals surface area contributed by atoms with Gasteiger partial charge in [-0.15, -0.1) is 0 Å². The first kappa shape index (κ1) is 12.0. The van der Waals surface area contributed by atoms with Crippen LogP contribution in [0.2, 0.25) is 0 Å². The fraction of sp³-hybridized carbons (Fsp3) is 0.400. The summed E-state index contributed by atoms with van der Waals surface area (Å²) in [6.45, 7) is 1.99. The number of alkyl halides is 2. The van der Waals surface area contributed by atoms with Crippen molar-refractivity contribution in [2.45, 2.75) is 19.4 Å². The second kappa shape index (κ2) is 5.11. The van der Waals surface area contributed by atoms with Crippen molar-refractivity contribution in [3.05, 3.63) is 35.4 Å². The topological polar surface area (TPSA) is 12.0 Å². The molecule has 1 nitrogen and oxygen atoms in total. The molecule has 0 amide bonds. The van der Waals surface area contributed by atoms with Gasteiger partial charge in [0.25, 0.3) is 6.43 Å². The van der Waals surface area contributed by atoms with E-state index in [2.05, 4.69) is 5.32 Å². The number of hydrogen-bond acceptors (Lipinski definition) is 1. The van der Waals surface area contributed by atoms with Gasteiger partial charge in [0.1, 0.15) is 0 Å². The molecule has 0 bridgehead atoms. The maximum Gasteiger partial charge on any atom is 0.257 e. The lowest BCUT2D eigenvalue weighted by molar-refractivity contribution is 0.0991. The Balaban J connectivity index is 2.95. The van der Waals surface area contributed by atoms with Crippen LogP contribution in [0.1, 0.15) is 18.5 Å². The third-order valence-corrected chi connectivity index (χ3v) is 1.98. The van der Waals surface area contributed by atoms with Crippen LogP contribution in [0.4, 0.5) is 17.6 Å². The Labute approximate surface area is 85.1 Å². The smallest absolute Gasteiger partial charge is 0.257 e. The molecule has 5 heteroatoms. The van der Waals surface area contributed by atoms with E-state index in [0.29, 0.717) is 6.54 Å². The van der Waals surface area contributed by atoms with Crippen LogP contribution in [0.15, 0.2) is 18.2 Å². The maximum absolute atomic E-state index is 12.8. The van der Waals surface area contributed by atoms with E-state index in [1.165, 1.54) is 0 Å². The molecule has 0 aliphatic rings. The van der Waals surface area contributed by atoms with Gasteiger partial charge in [-0.3, -0.25) is 0 Å². The third kappa shape index (κ3) is 2.92. The maximum atomic E-state index is 12.8. The highest BCUT2D eigenvalue weighted by Gasteiger charge is 2.22. The lowest BCUT2D eigenvalue weighted by Gasteiger charge is -2.17. The van der Waals surface area contributed by atoms with Crippen molar-refractivity contribution in [2.24, 2.45) is 0 Å². The summed E-state index contributed by atoms with van der Waals surface area (Å²) in [6, 6.07) is 1.52. The van der Waals surface area contributed by atoms with Gasteiger partial charge in [-0.05, 0) is 24.2 Å². The lowest BCUT2D eigenvalue weighted by atomic mass is 10.1. The Morgan fingerprint density at radius 3 is 2.33 bits per heavy atom. The molecule has 0 aliphatic heterocycles. The molecule has 1 atom stereocenters. The van der Waals surface area contributed by atoms with E-state index in [1.807, 2.05) is 0 Å². The zero-order valence-electron chi connectivity index (χ0n) is 8.11. The summed E-state index contributed by atoms with van der Waals surface area (Å²) < 4.78 is 50.4. The molecule has 1 unspecified atom stereocenters. The molecule has 0 heterocycles. The number of nitrogens with one attached hydrogen (secondary N) is 1. The zero-order valence-corrected chi connectivity index (χ0v) is 8.11. The monoisotopic (exact) mass is 221 g/mol. The summed E-state index contributed by atoms with van der Waals surface area (Å²) >= 11 is 0. The Morgan fingerprint density at radius 2 is 1.87 bits per heavy atom. The number of rotatable bonds is 4. The Kier molecular flexibility index (Phi) is 4.08. The van der Waals surface area contributed by atoms with Crippen molar-refractivity contribution in [2.75, 3.05) is 6.54 Å². The highest BCUT2D eigenvalue weighted by Crippen LogP contribution is 2.22. The second-order valence-electron chi connectivity index (χ2n) is 3.04. The number of benzene rings is 1. The molecular weight excluding hydrogens is 210 g/mol. The van der Waals surface area contributed by atoms with Crippen LogP contribution in [0, 0.1) is 11.6 Å². The van der Waals surface area contributed by atoms with Gasteiger partial charge >= 0.3 is 0 Å². The Hall–Kier alpha value is -1.10. The quantitative estimate of drug-likeness (QED) is 0.771. The molecule has 15 heavy (non-hydrogen) atoms. The van der Waals surface area contributed by atoms with Crippen molar-refractivity contribution < 1.29 is 17.6 Å². The van der Waals surface area contributed by atoms with Crippen LogP contribution in [0.25, 0.3) is 0 Å². The zero-order chi connectivity index (χ0) is 11.4. The molecule has 1 aromatic rings. The summed E-state index contributed by atoms with van der Waals surface area (Å²) in [5, 5.41) is 2.51. The van der Waals surface area contributed by atoms with Gasteiger partial charge in [0.2, 0.25) is 0 Å². The average Bonchev–Trinajstić information content (AvgIpc) is 2.18. The summed E-state index contributed by atoms with van der Waals surface area (Å²) in [6.07, 6.45) is -2.66. The van der Waals surface area contributed by atoms with Crippen LogP contribution in [-0.2, 0) is 0 Å². The summed E-state index contributed by atoms with van der Waals surface area (Å²) in [7, 11) is 0. The molecule has 0 aromatic heterocycles. The van der Waals surface area contributed by atoms with Crippen LogP contribution < -0.4 is 5.32 Å². The minimum absolute atomic E-state index is 0.0470. The predicted octanol–water partition coefficient (Wildman–Crippen LogP) is 2.88. The van der Waals surface area contributed by atoms with Gasteiger partial charge in [0, 0.05) is 0 Å². The van der Waals surface area contributed by atoms with Crippen LogP contribution in [-0.4, -0.2) is 13.0 Å². The summed E-state index contributed by atoms with van der Waals surface area (Å²) in [5.74, 6) is -2.15. The van der Waals surface area contributed by atoms with Crippen molar-refractivity contribution in [3.63, 3.8) is 0 Å². The standard InChI is InChI=1S/C10H11F4N/c1-2-15-9(10(13)14)6-3-4-7(11)8(12)5-6/h3-5,9-10,15H,2H2,1H3. The predicted molar refractivity (Wildman–Crippen MR) is 48.8 cm³/mol. The van der Waals surface area contributed by atoms with E-state index in [9.17, 15) is 17.6 Å². The summed E-state index contributed by atoms with van der Waals surface area (Å²) in [4.78, 5) is 0. The number of hydrogen-bond donors (Lipinski definition) is 1. The molecule has 0 saturated heterocycles. The Bertz CT molecular complexity index is 327. The van der Waals surface area contributed by atoms with Gasteiger partial charge in [0.15, 0.2) is 11.6 Å². The van der Waals surface area contributed by atoms with E-state index in [4.69, 9.17) is 0 Å². The third-order valence-electron chi connectivity index (χ3n) is 1.98. The van der Waals surface area contributed by atoms with Crippen LogP contribution >= 0.6 is 0 Å². The van der Waals surface area contributed by atoms with E-state index >= 15 is 0 Å². The fourth-order valence-electron chi connectivity index (χ4n) is 1.28. The van der Waals surface area contributed by atoms with Crippen molar-refractivity contribution in [1.29, 1.82) is 0 Å². The molecule has 0 aliphatic carbocycles. The molecule has 84 valence electrons. The molecule has 1 aromatic carbocycles. The average molecular weight is 221 g/mol. The van der Waals surface area contributed by atoms with Crippen molar-refractivity contribution in [1.82, 2.24) is 5.32 Å². The highest BCUT2D eigenvalue weighted by molar-refractivity contribution is 5.21. The molecular formula is C10H11F4N. The van der Waals surface area contributed by atoms with E-state index in [1.54, 1.807) is 6.92 Å². The van der Waals surface area contributed by atoms with Crippen molar-refractivity contribution in [3.8, 4) is 0 Å². The minimum Gasteiger partial charge on any atom is -0.306 e. The number of halogens is 4. The van der Waals surface area contributed by atoms with E-state index in [0.717, 1.165) is 18.2 Å². The van der Waals surface area contributed by atoms with Gasteiger partial charge in [-0.25, -0.2) is 17.6 Å². The lowest BCUT2D eigenvalue weighted by Crippen LogP contribution is -2.27. The molecule has 1 rings (SSSR count). The Morgan fingerprint density at radius 1 is 1.20 bits per heavy atom. The first-order valence-corrected chi connectivity index (χ1v) is 4.52. The van der Waals surface area contributed by atoms with Crippen molar-refractivity contribution >= 4 is 0 Å². The van der Waals surface area contributed by atoms with Crippen LogP contribution in [0.3, 0.4) is 0 Å².